The summed E-state index contributed by atoms with van der Waals surface area (Å²) in [6.07, 6.45) is 3.10. The average molecular weight is 459 g/mol. The lowest BCUT2D eigenvalue weighted by molar-refractivity contribution is -0.929. The molecule has 168 valence electrons. The van der Waals surface area contributed by atoms with E-state index in [1.807, 2.05) is 60.3 Å². The quantitative estimate of drug-likeness (QED) is 0.423. The van der Waals surface area contributed by atoms with Gasteiger partial charge < -0.3 is 9.64 Å². The van der Waals surface area contributed by atoms with Crippen LogP contribution in [0.15, 0.2) is 77.9 Å². The lowest BCUT2D eigenvalue weighted by Gasteiger charge is -2.26. The van der Waals surface area contributed by atoms with Crippen LogP contribution in [-0.2, 0) is 19.5 Å². The fraction of sp³-hybridized carbons (Fsp3) is 0.259. The van der Waals surface area contributed by atoms with Crippen molar-refractivity contribution in [3.8, 4) is 5.75 Å². The number of benzene rings is 3. The van der Waals surface area contributed by atoms with Gasteiger partial charge in [0.1, 0.15) is 24.9 Å². The Morgan fingerprint density at radius 3 is 2.52 bits per heavy atom. The number of thioether (sulfide) groups is 1. The Labute approximate surface area is 198 Å². The molecule has 0 aliphatic carbocycles. The number of hydrogen-bond donors (Lipinski definition) is 2. The van der Waals surface area contributed by atoms with Crippen molar-refractivity contribution in [3.63, 3.8) is 0 Å². The lowest BCUT2D eigenvalue weighted by atomic mass is 9.99. The topological polar surface area (TPSA) is 55.1 Å². The van der Waals surface area contributed by atoms with Gasteiger partial charge >= 0.3 is 0 Å². The SMILES string of the molecule is O=C(N/N=C\c1ccc(OC2CSC2)cc1)c1ccc(C[NH+]2CCc3ccccc3C2)cc1. The highest BCUT2D eigenvalue weighted by Crippen LogP contribution is 2.23. The molecule has 5 nitrogen and oxygen atoms in total. The van der Waals surface area contributed by atoms with Crippen molar-refractivity contribution in [2.24, 2.45) is 5.10 Å². The van der Waals surface area contributed by atoms with Crippen LogP contribution < -0.4 is 15.1 Å². The largest absolute Gasteiger partial charge is 0.489 e. The number of ether oxygens (including phenoxy) is 1. The second-order valence-corrected chi connectivity index (χ2v) is 9.69. The number of nitrogens with one attached hydrogen (secondary N) is 2. The highest BCUT2D eigenvalue weighted by Gasteiger charge is 2.20. The first-order chi connectivity index (χ1) is 16.2. The molecule has 5 rings (SSSR count). The maximum absolute atomic E-state index is 12.4. The van der Waals surface area contributed by atoms with Crippen LogP contribution in [0.1, 0.15) is 32.6 Å². The molecule has 1 saturated heterocycles. The van der Waals surface area contributed by atoms with E-state index in [1.54, 1.807) is 11.1 Å². The van der Waals surface area contributed by atoms with Gasteiger partial charge in [0.15, 0.2) is 0 Å². The molecule has 6 heteroatoms. The molecule has 0 aromatic heterocycles. The van der Waals surface area contributed by atoms with E-state index in [0.717, 1.165) is 48.9 Å². The summed E-state index contributed by atoms with van der Waals surface area (Å²) in [6, 6.07) is 24.3. The Balaban J connectivity index is 1.11. The fourth-order valence-corrected chi connectivity index (χ4v) is 4.76. The summed E-state index contributed by atoms with van der Waals surface area (Å²) in [6.45, 7) is 3.16. The first-order valence-electron chi connectivity index (χ1n) is 11.4. The third-order valence-corrected chi connectivity index (χ3v) is 7.36. The van der Waals surface area contributed by atoms with Gasteiger partial charge in [0.2, 0.25) is 0 Å². The molecule has 1 atom stereocenters. The van der Waals surface area contributed by atoms with Gasteiger partial charge in [-0.25, -0.2) is 5.43 Å². The Bertz CT molecular complexity index is 1120. The molecule has 0 saturated carbocycles. The number of fused-ring (bicyclic) bond motifs is 1. The monoisotopic (exact) mass is 458 g/mol. The predicted octanol–water partition coefficient (Wildman–Crippen LogP) is 3.09. The number of nitrogens with zero attached hydrogens (tertiary/aromatic N) is 1. The molecule has 0 radical (unpaired) electrons. The van der Waals surface area contributed by atoms with Crippen molar-refractivity contribution in [1.82, 2.24) is 5.43 Å². The van der Waals surface area contributed by atoms with E-state index in [-0.39, 0.29) is 5.91 Å². The molecule has 1 fully saturated rings. The molecular weight excluding hydrogens is 430 g/mol. The Kier molecular flexibility index (Phi) is 6.74. The standard InChI is InChI=1S/C27H27N3O2S/c31-27(29-28-15-20-7-11-25(12-8-20)32-26-18-33-19-26)23-9-5-21(6-10-23)16-30-14-13-22-3-1-2-4-24(22)17-30/h1-12,15,26H,13-14,16-19H2,(H,29,31)/p+1/b28-15-. The van der Waals surface area contributed by atoms with Gasteiger partial charge in [0, 0.05) is 34.6 Å². The van der Waals surface area contributed by atoms with Crippen LogP contribution in [0.25, 0.3) is 0 Å². The number of amides is 1. The summed E-state index contributed by atoms with van der Waals surface area (Å²) in [4.78, 5) is 14.0. The number of hydrazone groups is 1. The molecule has 0 bridgehead atoms. The molecule has 1 amide bonds. The third-order valence-electron chi connectivity index (χ3n) is 6.15. The lowest BCUT2D eigenvalue weighted by Crippen LogP contribution is -3.10. The van der Waals surface area contributed by atoms with Crippen LogP contribution >= 0.6 is 11.8 Å². The van der Waals surface area contributed by atoms with Crippen LogP contribution in [0.5, 0.6) is 5.75 Å². The van der Waals surface area contributed by atoms with E-state index in [1.165, 1.54) is 16.7 Å². The van der Waals surface area contributed by atoms with Crippen LogP contribution in [-0.4, -0.2) is 36.3 Å². The van der Waals surface area contributed by atoms with Crippen LogP contribution in [0, 0.1) is 0 Å². The first-order valence-corrected chi connectivity index (χ1v) is 12.6. The Morgan fingerprint density at radius 2 is 1.79 bits per heavy atom. The van der Waals surface area contributed by atoms with Gasteiger partial charge in [0.25, 0.3) is 5.91 Å². The minimum Gasteiger partial charge on any atom is -0.489 e. The maximum Gasteiger partial charge on any atom is 0.271 e. The third kappa shape index (κ3) is 5.64. The average Bonchev–Trinajstić information content (AvgIpc) is 2.83. The number of carbonyl (C=O) groups excluding carboxylic acids is 1. The predicted molar refractivity (Wildman–Crippen MR) is 133 cm³/mol. The molecule has 2 heterocycles. The second-order valence-electron chi connectivity index (χ2n) is 8.61. The van der Waals surface area contributed by atoms with E-state index in [0.29, 0.717) is 11.7 Å². The molecule has 2 aliphatic rings. The number of rotatable bonds is 7. The minimum absolute atomic E-state index is 0.209. The number of hydrogen-bond acceptors (Lipinski definition) is 4. The Hall–Kier alpha value is -3.09. The van der Waals surface area contributed by atoms with Crippen molar-refractivity contribution < 1.29 is 14.4 Å². The summed E-state index contributed by atoms with van der Waals surface area (Å²) >= 11 is 1.90. The zero-order valence-corrected chi connectivity index (χ0v) is 19.3. The molecule has 3 aromatic rings. The maximum atomic E-state index is 12.4. The zero-order valence-electron chi connectivity index (χ0n) is 18.5. The molecule has 1 unspecified atom stereocenters. The van der Waals surface area contributed by atoms with Crippen molar-refractivity contribution in [2.45, 2.75) is 25.6 Å². The number of carbonyl (C=O) groups is 1. The van der Waals surface area contributed by atoms with E-state index in [4.69, 9.17) is 4.74 Å². The molecule has 0 spiro atoms. The van der Waals surface area contributed by atoms with E-state index < -0.39 is 0 Å². The van der Waals surface area contributed by atoms with Gasteiger partial charge in [-0.05, 0) is 47.5 Å². The normalized spacial score (nSPS) is 17.9. The summed E-state index contributed by atoms with van der Waals surface area (Å²) in [5.41, 5.74) is 8.31. The first kappa shape index (κ1) is 21.7. The molecule has 3 aromatic carbocycles. The summed E-state index contributed by atoms with van der Waals surface area (Å²) in [5.74, 6) is 2.78. The van der Waals surface area contributed by atoms with Gasteiger partial charge in [0.05, 0.1) is 12.8 Å². The van der Waals surface area contributed by atoms with Crippen molar-refractivity contribution in [2.75, 3.05) is 18.1 Å². The Morgan fingerprint density at radius 1 is 1.03 bits per heavy atom. The molecular formula is C27H28N3O2S+. The second kappa shape index (κ2) is 10.2. The summed E-state index contributed by atoms with van der Waals surface area (Å²) < 4.78 is 5.84. The van der Waals surface area contributed by atoms with Crippen LogP contribution in [0.3, 0.4) is 0 Å². The van der Waals surface area contributed by atoms with Gasteiger partial charge in [-0.15, -0.1) is 0 Å². The van der Waals surface area contributed by atoms with Gasteiger partial charge in [-0.2, -0.15) is 16.9 Å². The smallest absolute Gasteiger partial charge is 0.271 e. The van der Waals surface area contributed by atoms with E-state index in [2.05, 4.69) is 34.8 Å². The van der Waals surface area contributed by atoms with E-state index >= 15 is 0 Å². The minimum atomic E-state index is -0.209. The zero-order chi connectivity index (χ0) is 22.5. The molecule has 2 aliphatic heterocycles. The fourth-order valence-electron chi connectivity index (χ4n) is 4.19. The number of quaternary nitrogens is 1. The highest BCUT2D eigenvalue weighted by atomic mass is 32.2. The molecule has 33 heavy (non-hydrogen) atoms. The van der Waals surface area contributed by atoms with Crippen molar-refractivity contribution >= 4 is 23.9 Å². The van der Waals surface area contributed by atoms with Gasteiger partial charge in [-0.1, -0.05) is 36.4 Å². The van der Waals surface area contributed by atoms with Crippen LogP contribution in [0.2, 0.25) is 0 Å². The molecule has 2 N–H and O–H groups in total. The summed E-state index contributed by atoms with van der Waals surface area (Å²) in [5, 5.41) is 4.10. The summed E-state index contributed by atoms with van der Waals surface area (Å²) in [7, 11) is 0. The van der Waals surface area contributed by atoms with Crippen molar-refractivity contribution in [1.29, 1.82) is 0 Å². The highest BCUT2D eigenvalue weighted by molar-refractivity contribution is 8.00. The van der Waals surface area contributed by atoms with Crippen LogP contribution in [0.4, 0.5) is 0 Å². The van der Waals surface area contributed by atoms with Gasteiger partial charge in [-0.3, -0.25) is 4.79 Å². The van der Waals surface area contributed by atoms with E-state index in [9.17, 15) is 4.79 Å². The van der Waals surface area contributed by atoms with Crippen molar-refractivity contribution in [3.05, 3.63) is 101 Å².